The van der Waals surface area contributed by atoms with Gasteiger partial charge in [-0.3, -0.25) is 0 Å². The highest BCUT2D eigenvalue weighted by molar-refractivity contribution is 6.01. The van der Waals surface area contributed by atoms with Gasteiger partial charge in [-0.25, -0.2) is 9.97 Å². The zero-order valence-corrected chi connectivity index (χ0v) is 34.1. The maximum Gasteiger partial charge on any atom is 0.161 e. The standard InChI is InChI=1S/C60H40N2/c1-3-16-38(17-4-1)44-33-30-39-18-7-8-21-43(39)50-36-41(31-34-45(44)50)42-32-35-54-51(37-42)57-49(59-61-56-29-14-11-24-48(56)58(62-59)40-19-5-2-6-20-40)25-15-28-55(57)60(54)52-26-12-9-22-46(52)47-23-10-13-27-53(47)60/h1-29,31-32,34-37,44H,30,33H2. The minimum Gasteiger partial charge on any atom is -0.228 e. The van der Waals surface area contributed by atoms with Gasteiger partial charge in [0.25, 0.3) is 0 Å². The van der Waals surface area contributed by atoms with E-state index in [4.69, 9.17) is 9.97 Å². The first-order valence-electron chi connectivity index (χ1n) is 21.8. The molecule has 0 fully saturated rings. The number of nitrogens with zero attached hydrogens (tertiary/aromatic N) is 2. The third-order valence-corrected chi connectivity index (χ3v) is 14.0. The van der Waals surface area contributed by atoms with Crippen molar-refractivity contribution in [3.05, 3.63) is 251 Å². The van der Waals surface area contributed by atoms with E-state index in [1.165, 1.54) is 83.5 Å². The Morgan fingerprint density at radius 1 is 0.403 bits per heavy atom. The number of benzene rings is 9. The molecule has 1 unspecified atom stereocenters. The first-order valence-corrected chi connectivity index (χ1v) is 21.8. The van der Waals surface area contributed by atoms with Gasteiger partial charge in [0, 0.05) is 22.4 Å². The third kappa shape index (κ3) is 5.04. The molecule has 1 spiro atoms. The number of aromatic nitrogens is 2. The van der Waals surface area contributed by atoms with Crippen molar-refractivity contribution in [2.45, 2.75) is 24.2 Å². The van der Waals surface area contributed by atoms with Crippen LogP contribution in [0.2, 0.25) is 0 Å². The van der Waals surface area contributed by atoms with Gasteiger partial charge in [0.05, 0.1) is 16.6 Å². The fourth-order valence-electron chi connectivity index (χ4n) is 11.3. The summed E-state index contributed by atoms with van der Waals surface area (Å²) in [4.78, 5) is 10.8. The van der Waals surface area contributed by atoms with Gasteiger partial charge in [0.15, 0.2) is 5.82 Å². The van der Waals surface area contributed by atoms with E-state index < -0.39 is 5.41 Å². The monoisotopic (exact) mass is 788 g/mol. The Hall–Kier alpha value is -7.68. The van der Waals surface area contributed by atoms with Gasteiger partial charge >= 0.3 is 0 Å². The second-order valence-corrected chi connectivity index (χ2v) is 17.1. The van der Waals surface area contributed by atoms with Gasteiger partial charge in [-0.05, 0) is 114 Å². The molecule has 3 aliphatic rings. The minimum absolute atomic E-state index is 0.326. The number of para-hydroxylation sites is 1. The maximum absolute atomic E-state index is 5.48. The van der Waals surface area contributed by atoms with Gasteiger partial charge in [-0.2, -0.15) is 0 Å². The summed E-state index contributed by atoms with van der Waals surface area (Å²) in [5, 5.41) is 1.05. The van der Waals surface area contributed by atoms with E-state index in [1.807, 2.05) is 0 Å². The van der Waals surface area contributed by atoms with Crippen LogP contribution >= 0.6 is 0 Å². The molecule has 0 radical (unpaired) electrons. The molecule has 0 aliphatic heterocycles. The molecule has 1 heterocycles. The predicted molar refractivity (Wildman–Crippen MR) is 254 cm³/mol. The van der Waals surface area contributed by atoms with Crippen LogP contribution in [0.3, 0.4) is 0 Å². The van der Waals surface area contributed by atoms with Crippen LogP contribution in [0.15, 0.2) is 212 Å². The first kappa shape index (κ1) is 35.1. The molecule has 13 rings (SSSR count). The van der Waals surface area contributed by atoms with E-state index in [0.717, 1.165) is 46.4 Å². The lowest BCUT2D eigenvalue weighted by Crippen LogP contribution is -2.25. The molecule has 290 valence electrons. The van der Waals surface area contributed by atoms with Crippen molar-refractivity contribution in [1.29, 1.82) is 0 Å². The van der Waals surface area contributed by atoms with E-state index in [1.54, 1.807) is 0 Å². The molecule has 10 aromatic rings. The predicted octanol–water partition coefficient (Wildman–Crippen LogP) is 14.7. The van der Waals surface area contributed by atoms with Gasteiger partial charge in [0.2, 0.25) is 0 Å². The van der Waals surface area contributed by atoms with Crippen LogP contribution in [-0.4, -0.2) is 9.97 Å². The molecule has 1 aromatic heterocycles. The van der Waals surface area contributed by atoms with Gasteiger partial charge in [-0.15, -0.1) is 0 Å². The fraction of sp³-hybridized carbons (Fsp3) is 0.0667. The second-order valence-electron chi connectivity index (χ2n) is 17.1. The number of hydrogen-bond acceptors (Lipinski definition) is 2. The van der Waals surface area contributed by atoms with Crippen molar-refractivity contribution in [3.8, 4) is 67.2 Å². The lowest BCUT2D eigenvalue weighted by Gasteiger charge is -2.30. The van der Waals surface area contributed by atoms with Gasteiger partial charge < -0.3 is 0 Å². The van der Waals surface area contributed by atoms with E-state index in [-0.39, 0.29) is 0 Å². The zero-order valence-electron chi connectivity index (χ0n) is 34.1. The number of hydrogen-bond donors (Lipinski definition) is 0. The average molecular weight is 789 g/mol. The summed E-state index contributed by atoms with van der Waals surface area (Å²) in [5.74, 6) is 1.06. The van der Waals surface area contributed by atoms with Crippen molar-refractivity contribution in [3.63, 3.8) is 0 Å². The largest absolute Gasteiger partial charge is 0.228 e. The molecule has 2 nitrogen and oxygen atoms in total. The molecular weight excluding hydrogens is 749 g/mol. The smallest absolute Gasteiger partial charge is 0.161 e. The molecule has 0 bridgehead atoms. The number of fused-ring (bicyclic) bond motifs is 14. The van der Waals surface area contributed by atoms with Crippen LogP contribution in [0.1, 0.15) is 51.3 Å². The molecule has 1 atom stereocenters. The van der Waals surface area contributed by atoms with Crippen LogP contribution in [0.5, 0.6) is 0 Å². The summed E-state index contributed by atoms with van der Waals surface area (Å²) < 4.78 is 0. The molecule has 2 heteroatoms. The Kier molecular flexibility index (Phi) is 7.74. The van der Waals surface area contributed by atoms with Crippen molar-refractivity contribution in [1.82, 2.24) is 9.97 Å². The van der Waals surface area contributed by atoms with Crippen LogP contribution < -0.4 is 0 Å². The quantitative estimate of drug-likeness (QED) is 0.177. The van der Waals surface area contributed by atoms with Crippen LogP contribution in [0.4, 0.5) is 0 Å². The van der Waals surface area contributed by atoms with Crippen molar-refractivity contribution in [2.75, 3.05) is 0 Å². The molecular formula is C60H40N2. The van der Waals surface area contributed by atoms with E-state index in [9.17, 15) is 0 Å². The molecule has 3 aliphatic carbocycles. The zero-order chi connectivity index (χ0) is 40.8. The first-order chi connectivity index (χ1) is 30.8. The van der Waals surface area contributed by atoms with Crippen LogP contribution in [-0.2, 0) is 11.8 Å². The molecule has 62 heavy (non-hydrogen) atoms. The maximum atomic E-state index is 5.48. The summed E-state index contributed by atoms with van der Waals surface area (Å²) >= 11 is 0. The molecule has 0 N–H and O–H groups in total. The summed E-state index contributed by atoms with van der Waals surface area (Å²) in [6, 6.07) is 78.4. The Morgan fingerprint density at radius 3 is 1.79 bits per heavy atom. The number of aryl methyl sites for hydroxylation is 1. The lowest BCUT2D eigenvalue weighted by atomic mass is 9.70. The molecule has 0 saturated carbocycles. The lowest BCUT2D eigenvalue weighted by molar-refractivity contribution is 0.726. The highest BCUT2D eigenvalue weighted by Gasteiger charge is 2.52. The Morgan fingerprint density at radius 2 is 1.00 bits per heavy atom. The van der Waals surface area contributed by atoms with E-state index in [2.05, 4.69) is 212 Å². The normalized spacial score (nSPS) is 14.9. The van der Waals surface area contributed by atoms with Crippen molar-refractivity contribution in [2.24, 2.45) is 0 Å². The van der Waals surface area contributed by atoms with E-state index in [0.29, 0.717) is 5.92 Å². The van der Waals surface area contributed by atoms with Gasteiger partial charge in [-0.1, -0.05) is 194 Å². The van der Waals surface area contributed by atoms with Crippen LogP contribution in [0.25, 0.3) is 78.1 Å². The summed E-state index contributed by atoms with van der Waals surface area (Å²) in [6.45, 7) is 0. The second kappa shape index (κ2) is 13.7. The topological polar surface area (TPSA) is 25.8 Å². The van der Waals surface area contributed by atoms with Gasteiger partial charge in [0.1, 0.15) is 0 Å². The van der Waals surface area contributed by atoms with Crippen molar-refractivity contribution < 1.29 is 0 Å². The Labute approximate surface area is 361 Å². The average Bonchev–Trinajstić information content (AvgIpc) is 3.74. The Balaban J connectivity index is 1.07. The van der Waals surface area contributed by atoms with E-state index >= 15 is 0 Å². The van der Waals surface area contributed by atoms with Crippen LogP contribution in [0, 0.1) is 0 Å². The molecule has 0 saturated heterocycles. The van der Waals surface area contributed by atoms with Crippen molar-refractivity contribution >= 4 is 10.9 Å². The highest BCUT2D eigenvalue weighted by atomic mass is 14.9. The highest BCUT2D eigenvalue weighted by Crippen LogP contribution is 2.64. The molecule has 0 amide bonds. The third-order valence-electron chi connectivity index (χ3n) is 14.0. The number of rotatable bonds is 4. The molecule has 9 aromatic carbocycles. The summed E-state index contributed by atoms with van der Waals surface area (Å²) in [7, 11) is 0. The SMILES string of the molecule is c1ccc(-c2nc(-c3cccc4c3-c3cc(-c5ccc6c(c5)-c5ccccc5CCC6c5ccccc5)ccc3C43c4ccccc4-c4ccccc43)nc3ccccc23)cc1. The summed E-state index contributed by atoms with van der Waals surface area (Å²) in [6.07, 6.45) is 2.13. The Bertz CT molecular complexity index is 3370. The summed E-state index contributed by atoms with van der Waals surface area (Å²) in [5.41, 5.74) is 23.1. The minimum atomic E-state index is -0.499. The fourth-order valence-corrected chi connectivity index (χ4v) is 11.3.